The predicted octanol–water partition coefficient (Wildman–Crippen LogP) is 2.94. The van der Waals surface area contributed by atoms with Crippen LogP contribution in [0.15, 0.2) is 23.1 Å². The van der Waals surface area contributed by atoms with Crippen LogP contribution in [-0.2, 0) is 5.54 Å². The summed E-state index contributed by atoms with van der Waals surface area (Å²) in [5.41, 5.74) is -1.04. The van der Waals surface area contributed by atoms with Crippen LogP contribution in [0.3, 0.4) is 0 Å². The predicted molar refractivity (Wildman–Crippen MR) is 93.5 cm³/mol. The van der Waals surface area contributed by atoms with Crippen molar-refractivity contribution in [3.8, 4) is 0 Å². The molecule has 1 aromatic heterocycles. The van der Waals surface area contributed by atoms with Crippen molar-refractivity contribution in [1.82, 2.24) is 4.57 Å². The lowest BCUT2D eigenvalue weighted by molar-refractivity contribution is -0.383. The number of pyridine rings is 1. The zero-order chi connectivity index (χ0) is 18.5. The van der Waals surface area contributed by atoms with Crippen LogP contribution < -0.4 is 10.7 Å². The molecule has 8 heteroatoms. The SMILES string of the molecule is CC(C)(C)n1cc(C(=O)O)c(=O)c2cc([N+](=O)[O-])c(NC3CC3)cc21. The highest BCUT2D eigenvalue weighted by atomic mass is 16.6. The highest BCUT2D eigenvalue weighted by molar-refractivity contribution is 5.95. The summed E-state index contributed by atoms with van der Waals surface area (Å²) in [6, 6.07) is 2.95. The van der Waals surface area contributed by atoms with Crippen LogP contribution in [0.1, 0.15) is 44.0 Å². The van der Waals surface area contributed by atoms with Crippen LogP contribution in [0.5, 0.6) is 0 Å². The summed E-state index contributed by atoms with van der Waals surface area (Å²) in [6.45, 7) is 5.62. The second-order valence-corrected chi connectivity index (χ2v) is 7.28. The maximum atomic E-state index is 12.5. The van der Waals surface area contributed by atoms with Gasteiger partial charge in [0.2, 0.25) is 5.43 Å². The molecule has 0 unspecified atom stereocenters. The van der Waals surface area contributed by atoms with Crippen LogP contribution in [0.4, 0.5) is 11.4 Å². The van der Waals surface area contributed by atoms with E-state index in [1.807, 2.05) is 20.8 Å². The Hall–Kier alpha value is -2.90. The van der Waals surface area contributed by atoms with E-state index in [0.717, 1.165) is 12.8 Å². The van der Waals surface area contributed by atoms with Gasteiger partial charge < -0.3 is 15.0 Å². The van der Waals surface area contributed by atoms with E-state index < -0.39 is 27.4 Å². The van der Waals surface area contributed by atoms with Gasteiger partial charge in [-0.1, -0.05) is 0 Å². The first-order valence-corrected chi connectivity index (χ1v) is 7.97. The number of aromatic nitrogens is 1. The number of rotatable bonds is 4. The number of benzene rings is 1. The molecule has 1 heterocycles. The molecule has 0 aliphatic heterocycles. The Morgan fingerprint density at radius 1 is 1.36 bits per heavy atom. The molecule has 1 fully saturated rings. The number of carbonyl (C=O) groups is 1. The maximum Gasteiger partial charge on any atom is 0.341 e. The van der Waals surface area contributed by atoms with Gasteiger partial charge in [0.1, 0.15) is 11.3 Å². The monoisotopic (exact) mass is 345 g/mol. The van der Waals surface area contributed by atoms with Crippen molar-refractivity contribution in [2.24, 2.45) is 0 Å². The second-order valence-electron chi connectivity index (χ2n) is 7.28. The summed E-state index contributed by atoms with van der Waals surface area (Å²) in [6.07, 6.45) is 3.19. The van der Waals surface area contributed by atoms with E-state index in [1.165, 1.54) is 12.3 Å². The van der Waals surface area contributed by atoms with Gasteiger partial charge in [-0.05, 0) is 39.7 Å². The van der Waals surface area contributed by atoms with Gasteiger partial charge in [-0.15, -0.1) is 0 Å². The van der Waals surface area contributed by atoms with Crippen LogP contribution in [0, 0.1) is 10.1 Å². The van der Waals surface area contributed by atoms with E-state index in [-0.39, 0.29) is 17.1 Å². The highest BCUT2D eigenvalue weighted by Gasteiger charge is 2.28. The van der Waals surface area contributed by atoms with Gasteiger partial charge in [-0.3, -0.25) is 14.9 Å². The zero-order valence-corrected chi connectivity index (χ0v) is 14.2. The molecule has 2 aromatic rings. The minimum atomic E-state index is -1.35. The Morgan fingerprint density at radius 2 is 2.00 bits per heavy atom. The minimum absolute atomic E-state index is 0.0304. The fraction of sp³-hybridized carbons (Fsp3) is 0.412. The van der Waals surface area contributed by atoms with Crippen molar-refractivity contribution in [1.29, 1.82) is 0 Å². The van der Waals surface area contributed by atoms with E-state index in [1.54, 1.807) is 10.6 Å². The Balaban J connectivity index is 2.40. The molecule has 0 atom stereocenters. The number of aromatic carboxylic acids is 1. The number of hydrogen-bond acceptors (Lipinski definition) is 5. The summed E-state index contributed by atoms with van der Waals surface area (Å²) in [5.74, 6) is -1.35. The molecule has 0 spiro atoms. The van der Waals surface area contributed by atoms with E-state index in [0.29, 0.717) is 11.2 Å². The van der Waals surface area contributed by atoms with Crippen LogP contribution in [-0.4, -0.2) is 26.6 Å². The second kappa shape index (κ2) is 5.58. The number of carboxylic acids is 1. The van der Waals surface area contributed by atoms with Gasteiger partial charge >= 0.3 is 5.97 Å². The molecule has 3 rings (SSSR count). The van der Waals surface area contributed by atoms with Crippen molar-refractivity contribution in [2.75, 3.05) is 5.32 Å². The molecule has 132 valence electrons. The number of anilines is 1. The Bertz CT molecular complexity index is 951. The first-order chi connectivity index (χ1) is 11.6. The summed E-state index contributed by atoms with van der Waals surface area (Å²) in [4.78, 5) is 34.8. The number of nitro benzene ring substituents is 1. The summed E-state index contributed by atoms with van der Waals surface area (Å²) < 4.78 is 1.68. The quantitative estimate of drug-likeness (QED) is 0.650. The fourth-order valence-electron chi connectivity index (χ4n) is 2.78. The molecule has 25 heavy (non-hydrogen) atoms. The van der Waals surface area contributed by atoms with E-state index in [2.05, 4.69) is 5.32 Å². The number of fused-ring (bicyclic) bond motifs is 1. The Kier molecular flexibility index (Phi) is 3.78. The van der Waals surface area contributed by atoms with Crippen LogP contribution >= 0.6 is 0 Å². The number of nitrogens with one attached hydrogen (secondary N) is 1. The third kappa shape index (κ3) is 3.07. The van der Waals surface area contributed by atoms with Gasteiger partial charge in [-0.25, -0.2) is 4.79 Å². The standard InChI is InChI=1S/C17H19N3O5/c1-17(2,3)19-8-11(16(22)23)15(21)10-6-14(20(24)25)12(7-13(10)19)18-9-4-5-9/h6-9,18H,4-5H2,1-3H3,(H,22,23). The van der Waals surface area contributed by atoms with Crippen LogP contribution in [0.2, 0.25) is 0 Å². The average Bonchev–Trinajstić information content (AvgIpc) is 3.29. The molecular formula is C17H19N3O5. The molecule has 0 amide bonds. The smallest absolute Gasteiger partial charge is 0.341 e. The van der Waals surface area contributed by atoms with E-state index in [9.17, 15) is 24.8 Å². The van der Waals surface area contributed by atoms with E-state index >= 15 is 0 Å². The molecule has 8 nitrogen and oxygen atoms in total. The van der Waals surface area contributed by atoms with Crippen molar-refractivity contribution in [3.05, 3.63) is 44.2 Å². The minimum Gasteiger partial charge on any atom is -0.477 e. The lowest BCUT2D eigenvalue weighted by atomic mass is 10.0. The fourth-order valence-corrected chi connectivity index (χ4v) is 2.78. The molecule has 0 saturated heterocycles. The summed E-state index contributed by atoms with van der Waals surface area (Å²) in [5, 5.41) is 23.9. The average molecular weight is 345 g/mol. The zero-order valence-electron chi connectivity index (χ0n) is 14.2. The van der Waals surface area contributed by atoms with Crippen molar-refractivity contribution in [2.45, 2.75) is 45.2 Å². The Labute approximate surface area is 143 Å². The molecule has 1 aliphatic rings. The topological polar surface area (TPSA) is 114 Å². The lowest BCUT2D eigenvalue weighted by Crippen LogP contribution is -2.27. The molecule has 0 radical (unpaired) electrons. The summed E-state index contributed by atoms with van der Waals surface area (Å²) >= 11 is 0. The number of hydrogen-bond donors (Lipinski definition) is 2. The van der Waals surface area contributed by atoms with Crippen molar-refractivity contribution < 1.29 is 14.8 Å². The van der Waals surface area contributed by atoms with Crippen molar-refractivity contribution in [3.63, 3.8) is 0 Å². The summed E-state index contributed by atoms with van der Waals surface area (Å²) in [7, 11) is 0. The number of carboxylic acid groups (broad SMARTS) is 1. The van der Waals surface area contributed by atoms with Crippen molar-refractivity contribution >= 4 is 28.2 Å². The number of nitro groups is 1. The Morgan fingerprint density at radius 3 is 2.48 bits per heavy atom. The lowest BCUT2D eigenvalue weighted by Gasteiger charge is -2.26. The van der Waals surface area contributed by atoms with Gasteiger partial charge in [-0.2, -0.15) is 0 Å². The van der Waals surface area contributed by atoms with Gasteiger partial charge in [0.25, 0.3) is 5.69 Å². The highest BCUT2D eigenvalue weighted by Crippen LogP contribution is 2.34. The largest absolute Gasteiger partial charge is 0.477 e. The number of nitrogens with zero attached hydrogens (tertiary/aromatic N) is 2. The molecule has 2 N–H and O–H groups in total. The van der Waals surface area contributed by atoms with Crippen LogP contribution in [0.25, 0.3) is 10.9 Å². The van der Waals surface area contributed by atoms with E-state index in [4.69, 9.17) is 0 Å². The van der Waals surface area contributed by atoms with Gasteiger partial charge in [0, 0.05) is 23.8 Å². The third-order valence-corrected chi connectivity index (χ3v) is 4.21. The molecule has 1 saturated carbocycles. The first kappa shape index (κ1) is 16.9. The molecule has 1 aliphatic carbocycles. The maximum absolute atomic E-state index is 12.5. The first-order valence-electron chi connectivity index (χ1n) is 7.97. The van der Waals surface area contributed by atoms with Gasteiger partial charge in [0.15, 0.2) is 0 Å². The molecular weight excluding hydrogens is 326 g/mol. The molecule has 0 bridgehead atoms. The molecule has 1 aromatic carbocycles. The third-order valence-electron chi connectivity index (χ3n) is 4.21. The normalized spacial score (nSPS) is 14.5. The van der Waals surface area contributed by atoms with Gasteiger partial charge in [0.05, 0.1) is 15.8 Å².